The number of fused-ring (bicyclic) bond motifs is 5. The summed E-state index contributed by atoms with van der Waals surface area (Å²) in [5, 5.41) is 3.50. The number of nitrogens with zero attached hydrogens (tertiary/aromatic N) is 2. The highest BCUT2D eigenvalue weighted by atomic mass is 35.5. The zero-order valence-electron chi connectivity index (χ0n) is 18.6. The van der Waals surface area contributed by atoms with E-state index < -0.39 is 0 Å². The van der Waals surface area contributed by atoms with Gasteiger partial charge in [-0.25, -0.2) is 4.98 Å². The van der Waals surface area contributed by atoms with E-state index in [4.69, 9.17) is 33.2 Å². The summed E-state index contributed by atoms with van der Waals surface area (Å²) in [6.45, 7) is 0. The Balaban J connectivity index is 1.64. The van der Waals surface area contributed by atoms with E-state index in [2.05, 4.69) is 48.5 Å². The molecule has 2 heterocycles. The Hall–Kier alpha value is -3.72. The predicted molar refractivity (Wildman–Crippen MR) is 146 cm³/mol. The minimum atomic E-state index is 0.695. The molecule has 2 aromatic heterocycles. The molecule has 2 nitrogen and oxygen atoms in total. The highest BCUT2D eigenvalue weighted by Gasteiger charge is 2.30. The number of rotatable bonds is 2. The molecule has 6 aromatic rings. The molecule has 166 valence electrons. The zero-order chi connectivity index (χ0) is 23.5. The van der Waals surface area contributed by atoms with Crippen molar-refractivity contribution < 1.29 is 0 Å². The smallest absolute Gasteiger partial charge is 0.0776 e. The van der Waals surface area contributed by atoms with Crippen LogP contribution in [-0.4, -0.2) is 9.97 Å². The van der Waals surface area contributed by atoms with Gasteiger partial charge in [0.05, 0.1) is 22.4 Å². The maximum atomic E-state index is 6.47. The molecule has 0 saturated carbocycles. The quantitative estimate of drug-likeness (QED) is 0.242. The lowest BCUT2D eigenvalue weighted by molar-refractivity contribution is 1.15. The van der Waals surface area contributed by atoms with Crippen LogP contribution >= 0.6 is 23.2 Å². The van der Waals surface area contributed by atoms with Gasteiger partial charge in [0.2, 0.25) is 0 Å². The third kappa shape index (κ3) is 3.25. The summed E-state index contributed by atoms with van der Waals surface area (Å²) in [5.41, 5.74) is 10.8. The largest absolute Gasteiger partial charge is 0.252 e. The molecule has 0 unspecified atom stereocenters. The van der Waals surface area contributed by atoms with Crippen LogP contribution in [0.25, 0.3) is 55.3 Å². The first-order chi connectivity index (χ1) is 17.2. The molecule has 1 aliphatic rings. The summed E-state index contributed by atoms with van der Waals surface area (Å²) in [6, 6.07) is 32.8. The number of aromatic nitrogens is 2. The molecule has 0 atom stereocenters. The lowest BCUT2D eigenvalue weighted by atomic mass is 9.92. The van der Waals surface area contributed by atoms with E-state index in [0.717, 1.165) is 55.4 Å². The van der Waals surface area contributed by atoms with Gasteiger partial charge >= 0.3 is 0 Å². The highest BCUT2D eigenvalue weighted by molar-refractivity contribution is 6.32. The number of benzene rings is 4. The SMILES string of the molecule is Clc1ccc2nc3c(c(-c4ccccc4)c2c1)Cc1nc2ccc(Cl)cc2c(-c2ccccc2)c1-3. The van der Waals surface area contributed by atoms with Crippen LogP contribution in [0.1, 0.15) is 11.3 Å². The Bertz CT molecular complexity index is 1780. The van der Waals surface area contributed by atoms with Gasteiger partial charge in [-0.2, -0.15) is 0 Å². The predicted octanol–water partition coefficient (Wildman–Crippen LogP) is 8.99. The Morgan fingerprint density at radius 3 is 1.71 bits per heavy atom. The fraction of sp³-hybridized carbons (Fsp3) is 0.0323. The lowest BCUT2D eigenvalue weighted by Crippen LogP contribution is -1.95. The van der Waals surface area contributed by atoms with Crippen molar-refractivity contribution in [3.63, 3.8) is 0 Å². The molecule has 0 bridgehead atoms. The third-order valence-electron chi connectivity index (χ3n) is 6.78. The second-order valence-electron chi connectivity index (χ2n) is 8.85. The molecule has 0 amide bonds. The second-order valence-corrected chi connectivity index (χ2v) is 9.73. The van der Waals surface area contributed by atoms with Crippen molar-refractivity contribution in [1.29, 1.82) is 0 Å². The molecule has 35 heavy (non-hydrogen) atoms. The zero-order valence-corrected chi connectivity index (χ0v) is 20.1. The average Bonchev–Trinajstić information content (AvgIpc) is 3.24. The summed E-state index contributed by atoms with van der Waals surface area (Å²) in [4.78, 5) is 10.3. The average molecular weight is 489 g/mol. The van der Waals surface area contributed by atoms with Crippen molar-refractivity contribution >= 4 is 45.0 Å². The Labute approximate surface area is 212 Å². The highest BCUT2D eigenvalue weighted by Crippen LogP contribution is 2.49. The normalized spacial score (nSPS) is 12.2. The number of hydrogen-bond donors (Lipinski definition) is 0. The monoisotopic (exact) mass is 488 g/mol. The number of hydrogen-bond acceptors (Lipinski definition) is 2. The fourth-order valence-electron chi connectivity index (χ4n) is 5.33. The Morgan fingerprint density at radius 1 is 0.543 bits per heavy atom. The summed E-state index contributed by atoms with van der Waals surface area (Å²) >= 11 is 12.9. The topological polar surface area (TPSA) is 25.8 Å². The summed E-state index contributed by atoms with van der Waals surface area (Å²) in [5.74, 6) is 0. The maximum Gasteiger partial charge on any atom is 0.0776 e. The van der Waals surface area contributed by atoms with Crippen molar-refractivity contribution in [3.8, 4) is 33.5 Å². The molecule has 4 aromatic carbocycles. The van der Waals surface area contributed by atoms with E-state index in [1.807, 2.05) is 48.5 Å². The summed E-state index contributed by atoms with van der Waals surface area (Å²) in [6.07, 6.45) is 0.711. The van der Waals surface area contributed by atoms with E-state index in [-0.39, 0.29) is 0 Å². The first kappa shape index (κ1) is 20.6. The van der Waals surface area contributed by atoms with Gasteiger partial charge in [0.15, 0.2) is 0 Å². The van der Waals surface area contributed by atoms with Gasteiger partial charge in [-0.15, -0.1) is 0 Å². The van der Waals surface area contributed by atoms with Crippen LogP contribution in [0, 0.1) is 0 Å². The second kappa shape index (κ2) is 7.91. The van der Waals surface area contributed by atoms with Crippen LogP contribution < -0.4 is 0 Å². The van der Waals surface area contributed by atoms with E-state index >= 15 is 0 Å². The number of halogens is 2. The minimum Gasteiger partial charge on any atom is -0.252 e. The van der Waals surface area contributed by atoms with Gasteiger partial charge in [0.25, 0.3) is 0 Å². The molecular weight excluding hydrogens is 471 g/mol. The third-order valence-corrected chi connectivity index (χ3v) is 7.25. The molecule has 4 heteroatoms. The van der Waals surface area contributed by atoms with E-state index in [1.165, 1.54) is 11.1 Å². The van der Waals surface area contributed by atoms with Crippen molar-refractivity contribution in [1.82, 2.24) is 9.97 Å². The van der Waals surface area contributed by atoms with Crippen LogP contribution in [0.4, 0.5) is 0 Å². The summed E-state index contributed by atoms with van der Waals surface area (Å²) in [7, 11) is 0. The molecule has 0 spiro atoms. The van der Waals surface area contributed by atoms with Gasteiger partial charge < -0.3 is 0 Å². The molecule has 0 saturated heterocycles. The Morgan fingerprint density at radius 2 is 1.09 bits per heavy atom. The molecule has 0 aliphatic heterocycles. The van der Waals surface area contributed by atoms with Gasteiger partial charge in [-0.05, 0) is 58.7 Å². The fourth-order valence-corrected chi connectivity index (χ4v) is 5.67. The van der Waals surface area contributed by atoms with E-state index in [0.29, 0.717) is 16.5 Å². The van der Waals surface area contributed by atoms with E-state index in [9.17, 15) is 0 Å². The lowest BCUT2D eigenvalue weighted by Gasteiger charge is -2.15. The number of pyridine rings is 2. The van der Waals surface area contributed by atoms with Crippen molar-refractivity contribution in [2.24, 2.45) is 0 Å². The standard InChI is InChI=1S/C31H18Cl2N2/c32-20-12-14-26-22(15-20)28(18-7-3-1-4-8-18)24-17-27-30(31(24)35-26)29(19-9-5-2-6-10-19)23-16-21(33)11-13-25(23)34-27/h1-16H,17H2. The van der Waals surface area contributed by atoms with Gasteiger partial charge in [-0.1, -0.05) is 83.9 Å². The molecule has 0 radical (unpaired) electrons. The molecule has 0 fully saturated rings. The molecule has 7 rings (SSSR count). The maximum absolute atomic E-state index is 6.47. The summed E-state index contributed by atoms with van der Waals surface area (Å²) < 4.78 is 0. The molecule has 1 aliphatic carbocycles. The van der Waals surface area contributed by atoms with Crippen molar-refractivity contribution in [2.75, 3.05) is 0 Å². The first-order valence-corrected chi connectivity index (χ1v) is 12.3. The molecule has 0 N–H and O–H groups in total. The van der Waals surface area contributed by atoms with Gasteiger partial charge in [0, 0.05) is 38.4 Å². The van der Waals surface area contributed by atoms with Gasteiger partial charge in [-0.3, -0.25) is 4.98 Å². The first-order valence-electron chi connectivity index (χ1n) is 11.5. The van der Waals surface area contributed by atoms with Crippen molar-refractivity contribution in [2.45, 2.75) is 6.42 Å². The van der Waals surface area contributed by atoms with Crippen molar-refractivity contribution in [3.05, 3.63) is 118 Å². The molecular formula is C31H18Cl2N2. The Kier molecular flexibility index (Phi) is 4.66. The van der Waals surface area contributed by atoms with E-state index in [1.54, 1.807) is 0 Å². The van der Waals surface area contributed by atoms with Crippen LogP contribution in [0.5, 0.6) is 0 Å². The van der Waals surface area contributed by atoms with Crippen LogP contribution in [0.15, 0.2) is 97.1 Å². The van der Waals surface area contributed by atoms with Crippen LogP contribution in [-0.2, 0) is 6.42 Å². The minimum absolute atomic E-state index is 0.695. The van der Waals surface area contributed by atoms with Crippen LogP contribution in [0.3, 0.4) is 0 Å². The van der Waals surface area contributed by atoms with Crippen LogP contribution in [0.2, 0.25) is 10.0 Å². The van der Waals surface area contributed by atoms with Gasteiger partial charge in [0.1, 0.15) is 0 Å².